The lowest BCUT2D eigenvalue weighted by Crippen LogP contribution is -2.12. The topological polar surface area (TPSA) is 68.8 Å². The molecule has 8 heteroatoms. The molecule has 2 heterocycles. The molecule has 0 atom stereocenters. The standard InChI is InChI=1S/C15H14FN5OS/c1-9-7-10(2)19-14(18-9)17-8-21-15(23)22-13(20-21)11-5-3-4-6-12(11)16/h3-7H,8H2,1-2H3,(H,17,18,19). The molecule has 0 aliphatic carbocycles. The molecule has 118 valence electrons. The van der Waals surface area contributed by atoms with Gasteiger partial charge in [-0.2, -0.15) is 0 Å². The number of halogens is 1. The highest BCUT2D eigenvalue weighted by molar-refractivity contribution is 7.71. The second kappa shape index (κ2) is 6.25. The molecule has 0 spiro atoms. The zero-order valence-corrected chi connectivity index (χ0v) is 13.4. The van der Waals surface area contributed by atoms with Crippen LogP contribution < -0.4 is 5.32 Å². The van der Waals surface area contributed by atoms with E-state index in [0.717, 1.165) is 11.4 Å². The van der Waals surface area contributed by atoms with Crippen molar-refractivity contribution < 1.29 is 8.81 Å². The van der Waals surface area contributed by atoms with E-state index in [1.165, 1.54) is 10.7 Å². The highest BCUT2D eigenvalue weighted by Gasteiger charge is 2.12. The van der Waals surface area contributed by atoms with Gasteiger partial charge < -0.3 is 9.73 Å². The Balaban J connectivity index is 1.82. The summed E-state index contributed by atoms with van der Waals surface area (Å²) in [6.07, 6.45) is 0. The van der Waals surface area contributed by atoms with E-state index >= 15 is 0 Å². The Bertz CT molecular complexity index is 885. The van der Waals surface area contributed by atoms with Gasteiger partial charge in [-0.1, -0.05) is 12.1 Å². The normalized spacial score (nSPS) is 10.7. The number of anilines is 1. The zero-order valence-electron chi connectivity index (χ0n) is 12.6. The summed E-state index contributed by atoms with van der Waals surface area (Å²) in [6.45, 7) is 4.00. The molecule has 0 aliphatic rings. The van der Waals surface area contributed by atoms with Crippen LogP contribution in [0.4, 0.5) is 10.3 Å². The van der Waals surface area contributed by atoms with Crippen LogP contribution in [0, 0.1) is 24.5 Å². The van der Waals surface area contributed by atoms with E-state index in [1.54, 1.807) is 18.2 Å². The van der Waals surface area contributed by atoms with Crippen LogP contribution in [0.2, 0.25) is 0 Å². The fraction of sp³-hybridized carbons (Fsp3) is 0.200. The lowest BCUT2D eigenvalue weighted by molar-refractivity contribution is 0.518. The third-order valence-electron chi connectivity index (χ3n) is 3.08. The van der Waals surface area contributed by atoms with Crippen molar-refractivity contribution in [3.05, 3.63) is 52.4 Å². The Morgan fingerprint density at radius 1 is 1.22 bits per heavy atom. The van der Waals surface area contributed by atoms with E-state index in [4.69, 9.17) is 16.6 Å². The largest absolute Gasteiger partial charge is 0.409 e. The molecule has 0 bridgehead atoms. The highest BCUT2D eigenvalue weighted by atomic mass is 32.1. The molecule has 1 aromatic carbocycles. The fourth-order valence-corrected chi connectivity index (χ4v) is 2.28. The summed E-state index contributed by atoms with van der Waals surface area (Å²) < 4.78 is 20.6. The number of nitrogens with one attached hydrogen (secondary N) is 1. The maximum absolute atomic E-state index is 13.8. The summed E-state index contributed by atoms with van der Waals surface area (Å²) in [5, 5.41) is 7.21. The van der Waals surface area contributed by atoms with Crippen molar-refractivity contribution in [2.75, 3.05) is 5.32 Å². The van der Waals surface area contributed by atoms with Crippen LogP contribution in [0.15, 0.2) is 34.7 Å². The molecule has 6 nitrogen and oxygen atoms in total. The van der Waals surface area contributed by atoms with Gasteiger partial charge in [0.2, 0.25) is 11.8 Å². The number of benzene rings is 1. The van der Waals surface area contributed by atoms with E-state index in [-0.39, 0.29) is 23.0 Å². The summed E-state index contributed by atoms with van der Waals surface area (Å²) >= 11 is 5.11. The number of nitrogens with zero attached hydrogens (tertiary/aromatic N) is 4. The van der Waals surface area contributed by atoms with Crippen LogP contribution in [0.3, 0.4) is 0 Å². The molecule has 0 saturated heterocycles. The molecule has 2 aromatic heterocycles. The van der Waals surface area contributed by atoms with Crippen LogP contribution in [0.1, 0.15) is 11.4 Å². The summed E-state index contributed by atoms with van der Waals surface area (Å²) in [5.41, 5.74) is 1.98. The van der Waals surface area contributed by atoms with E-state index in [2.05, 4.69) is 20.4 Å². The van der Waals surface area contributed by atoms with Crippen molar-refractivity contribution in [3.8, 4) is 11.5 Å². The quantitative estimate of drug-likeness (QED) is 0.738. The van der Waals surface area contributed by atoms with Crippen molar-refractivity contribution in [1.82, 2.24) is 19.7 Å². The van der Waals surface area contributed by atoms with Gasteiger partial charge in [-0.3, -0.25) is 0 Å². The monoisotopic (exact) mass is 331 g/mol. The summed E-state index contributed by atoms with van der Waals surface area (Å²) in [7, 11) is 0. The molecule has 0 amide bonds. The molecule has 3 rings (SSSR count). The second-order valence-corrected chi connectivity index (χ2v) is 5.31. The fourth-order valence-electron chi connectivity index (χ4n) is 2.10. The van der Waals surface area contributed by atoms with Crippen LogP contribution >= 0.6 is 12.2 Å². The van der Waals surface area contributed by atoms with Crippen LogP contribution in [-0.2, 0) is 6.67 Å². The van der Waals surface area contributed by atoms with Crippen molar-refractivity contribution in [1.29, 1.82) is 0 Å². The Hall–Kier alpha value is -2.61. The minimum atomic E-state index is -0.415. The molecule has 0 unspecified atom stereocenters. The van der Waals surface area contributed by atoms with Crippen molar-refractivity contribution >= 4 is 18.2 Å². The second-order valence-electron chi connectivity index (χ2n) is 4.96. The Morgan fingerprint density at radius 3 is 2.61 bits per heavy atom. The molecule has 0 saturated carbocycles. The molecule has 0 fully saturated rings. The summed E-state index contributed by atoms with van der Waals surface area (Å²) in [4.78, 5) is 8.68. The average molecular weight is 331 g/mol. The number of aryl methyl sites for hydroxylation is 2. The van der Waals surface area contributed by atoms with Gasteiger partial charge in [-0.05, 0) is 44.3 Å². The minimum absolute atomic E-state index is 0.135. The lowest BCUT2D eigenvalue weighted by atomic mass is 10.2. The first kappa shape index (κ1) is 15.3. The van der Waals surface area contributed by atoms with Gasteiger partial charge in [0.15, 0.2) is 0 Å². The SMILES string of the molecule is Cc1cc(C)nc(NCn2nc(-c3ccccc3F)oc2=S)n1. The molecule has 1 N–H and O–H groups in total. The smallest absolute Gasteiger partial charge is 0.289 e. The average Bonchev–Trinajstić information content (AvgIpc) is 2.85. The Labute approximate surface area is 137 Å². The Kier molecular flexibility index (Phi) is 4.16. The van der Waals surface area contributed by atoms with E-state index < -0.39 is 5.82 Å². The van der Waals surface area contributed by atoms with Crippen LogP contribution in [-0.4, -0.2) is 19.7 Å². The van der Waals surface area contributed by atoms with Gasteiger partial charge in [0.05, 0.1) is 5.56 Å². The maximum atomic E-state index is 13.8. The third-order valence-corrected chi connectivity index (χ3v) is 3.37. The number of hydrogen-bond acceptors (Lipinski definition) is 6. The van der Waals surface area contributed by atoms with Gasteiger partial charge in [0.1, 0.15) is 12.5 Å². The third kappa shape index (κ3) is 3.42. The van der Waals surface area contributed by atoms with Crippen LogP contribution in [0.25, 0.3) is 11.5 Å². The van der Waals surface area contributed by atoms with Gasteiger partial charge in [-0.25, -0.2) is 19.0 Å². The minimum Gasteiger partial charge on any atom is -0.409 e. The molecule has 0 radical (unpaired) electrons. The van der Waals surface area contributed by atoms with Gasteiger partial charge in [-0.15, -0.1) is 5.10 Å². The first-order valence-corrected chi connectivity index (χ1v) is 7.33. The van der Waals surface area contributed by atoms with Gasteiger partial charge >= 0.3 is 0 Å². The predicted octanol–water partition coefficient (Wildman–Crippen LogP) is 3.49. The van der Waals surface area contributed by atoms with Crippen molar-refractivity contribution in [2.45, 2.75) is 20.5 Å². The van der Waals surface area contributed by atoms with Crippen molar-refractivity contribution in [2.24, 2.45) is 0 Å². The summed E-state index contributed by atoms with van der Waals surface area (Å²) in [5.74, 6) is 0.192. The zero-order chi connectivity index (χ0) is 16.4. The lowest BCUT2D eigenvalue weighted by Gasteiger charge is -2.05. The molecule has 0 aliphatic heterocycles. The Morgan fingerprint density at radius 2 is 1.91 bits per heavy atom. The van der Waals surface area contributed by atoms with E-state index in [9.17, 15) is 4.39 Å². The molecule has 23 heavy (non-hydrogen) atoms. The van der Waals surface area contributed by atoms with Gasteiger partial charge in [0.25, 0.3) is 4.84 Å². The first-order valence-electron chi connectivity index (χ1n) is 6.92. The number of hydrogen-bond donors (Lipinski definition) is 1. The maximum Gasteiger partial charge on any atom is 0.289 e. The molecule has 3 aromatic rings. The van der Waals surface area contributed by atoms with Crippen molar-refractivity contribution in [3.63, 3.8) is 0 Å². The molecular formula is C15H14FN5OS. The molecular weight excluding hydrogens is 317 g/mol. The van der Waals surface area contributed by atoms with Gasteiger partial charge in [0, 0.05) is 11.4 Å². The predicted molar refractivity (Wildman–Crippen MR) is 85.8 cm³/mol. The van der Waals surface area contributed by atoms with E-state index in [1.807, 2.05) is 19.9 Å². The summed E-state index contributed by atoms with van der Waals surface area (Å²) in [6, 6.07) is 8.11. The first-order chi connectivity index (χ1) is 11.0. The van der Waals surface area contributed by atoms with Crippen LogP contribution in [0.5, 0.6) is 0 Å². The van der Waals surface area contributed by atoms with E-state index in [0.29, 0.717) is 5.95 Å². The highest BCUT2D eigenvalue weighted by Crippen LogP contribution is 2.20. The number of aromatic nitrogens is 4. The number of rotatable bonds is 4.